The van der Waals surface area contributed by atoms with Crippen LogP contribution >= 0.6 is 12.4 Å². The van der Waals surface area contributed by atoms with Crippen molar-refractivity contribution in [2.75, 3.05) is 27.9 Å². The summed E-state index contributed by atoms with van der Waals surface area (Å²) in [6.07, 6.45) is 0.476. The summed E-state index contributed by atoms with van der Waals surface area (Å²) in [5, 5.41) is 2.93. The molecule has 1 fully saturated rings. The number of carbonyl (C=O) groups excluding carboxylic acids is 1. The van der Waals surface area contributed by atoms with Gasteiger partial charge in [-0.1, -0.05) is 13.8 Å². The number of nitrogens with one attached hydrogen (secondary N) is 1. The summed E-state index contributed by atoms with van der Waals surface area (Å²) in [5.41, 5.74) is 5.73. The number of carbonyl (C=O) groups is 1. The van der Waals surface area contributed by atoms with E-state index in [0.717, 1.165) is 5.56 Å². The third-order valence-electron chi connectivity index (χ3n) is 5.48. The zero-order valence-corrected chi connectivity index (χ0v) is 17.7. The highest BCUT2D eigenvalue weighted by atomic mass is 35.5. The van der Waals surface area contributed by atoms with E-state index in [0.29, 0.717) is 30.3 Å². The van der Waals surface area contributed by atoms with Crippen LogP contribution in [0, 0.1) is 5.41 Å². The van der Waals surface area contributed by atoms with Crippen LogP contribution in [0.2, 0.25) is 0 Å². The van der Waals surface area contributed by atoms with Crippen molar-refractivity contribution in [1.29, 1.82) is 0 Å². The van der Waals surface area contributed by atoms with Crippen LogP contribution in [-0.4, -0.2) is 45.5 Å². The van der Waals surface area contributed by atoms with E-state index in [-0.39, 0.29) is 31.0 Å². The van der Waals surface area contributed by atoms with Crippen molar-refractivity contribution in [2.24, 2.45) is 11.1 Å². The molecule has 2 unspecified atom stereocenters. The quantitative estimate of drug-likeness (QED) is 0.693. The van der Waals surface area contributed by atoms with Gasteiger partial charge in [-0.15, -0.1) is 12.4 Å². The molecule has 2 atom stereocenters. The number of halogens is 1. The molecule has 2 rings (SSSR count). The van der Waals surface area contributed by atoms with Gasteiger partial charge in [-0.05, 0) is 6.92 Å². The summed E-state index contributed by atoms with van der Waals surface area (Å²) in [6.45, 7) is 6.71. The Morgan fingerprint density at radius 2 is 1.74 bits per heavy atom. The normalized spacial score (nSPS) is 22.9. The van der Waals surface area contributed by atoms with Crippen LogP contribution in [0.15, 0.2) is 12.1 Å². The molecular formula is C19H31ClN2O5. The fourth-order valence-electron chi connectivity index (χ4n) is 3.40. The predicted molar refractivity (Wildman–Crippen MR) is 106 cm³/mol. The van der Waals surface area contributed by atoms with Gasteiger partial charge in [-0.3, -0.25) is 4.79 Å². The van der Waals surface area contributed by atoms with Crippen molar-refractivity contribution in [3.8, 4) is 17.2 Å². The maximum Gasteiger partial charge on any atom is 0.241 e. The molecule has 154 valence electrons. The van der Waals surface area contributed by atoms with E-state index in [9.17, 15) is 4.79 Å². The molecule has 0 bridgehead atoms. The van der Waals surface area contributed by atoms with Crippen molar-refractivity contribution in [1.82, 2.24) is 5.32 Å². The maximum atomic E-state index is 12.8. The van der Waals surface area contributed by atoms with Gasteiger partial charge in [-0.25, -0.2) is 0 Å². The molecule has 0 heterocycles. The lowest BCUT2D eigenvalue weighted by Crippen LogP contribution is -2.75. The lowest BCUT2D eigenvalue weighted by molar-refractivity contribution is -0.170. The second-order valence-electron chi connectivity index (χ2n) is 7.03. The van der Waals surface area contributed by atoms with E-state index in [2.05, 4.69) is 5.32 Å². The van der Waals surface area contributed by atoms with E-state index in [4.69, 9.17) is 24.7 Å². The van der Waals surface area contributed by atoms with Gasteiger partial charge in [0.15, 0.2) is 0 Å². The minimum atomic E-state index is -0.972. The topological polar surface area (TPSA) is 92.0 Å². The van der Waals surface area contributed by atoms with Gasteiger partial charge < -0.3 is 30.0 Å². The molecular weight excluding hydrogens is 372 g/mol. The highest BCUT2D eigenvalue weighted by Crippen LogP contribution is 2.50. The van der Waals surface area contributed by atoms with Crippen LogP contribution in [0.5, 0.6) is 17.2 Å². The molecule has 3 N–H and O–H groups in total. The Kier molecular flexibility index (Phi) is 7.77. The molecule has 8 heteroatoms. The molecule has 0 radical (unpaired) electrons. The van der Waals surface area contributed by atoms with E-state index >= 15 is 0 Å². The van der Waals surface area contributed by atoms with Crippen molar-refractivity contribution >= 4 is 18.3 Å². The van der Waals surface area contributed by atoms with Gasteiger partial charge in [0.1, 0.15) is 22.8 Å². The van der Waals surface area contributed by atoms with E-state index in [1.54, 1.807) is 33.5 Å². The third-order valence-corrected chi connectivity index (χ3v) is 5.48. The van der Waals surface area contributed by atoms with Crippen LogP contribution < -0.4 is 25.3 Å². The smallest absolute Gasteiger partial charge is 0.241 e. The van der Waals surface area contributed by atoms with E-state index < -0.39 is 11.0 Å². The minimum absolute atomic E-state index is 0. The third kappa shape index (κ3) is 4.10. The van der Waals surface area contributed by atoms with Crippen LogP contribution in [0.4, 0.5) is 0 Å². The fraction of sp³-hybridized carbons (Fsp3) is 0.632. The number of benzene rings is 1. The lowest BCUT2D eigenvalue weighted by atomic mass is 9.54. The monoisotopic (exact) mass is 402 g/mol. The molecule has 0 aromatic heterocycles. The molecule has 0 saturated heterocycles. The Balaban J connectivity index is 0.00000364. The number of ether oxygens (including phenoxy) is 4. The first-order valence-electron chi connectivity index (χ1n) is 8.72. The van der Waals surface area contributed by atoms with Crippen molar-refractivity contribution in [3.63, 3.8) is 0 Å². The number of hydrogen-bond donors (Lipinski definition) is 2. The number of nitrogens with two attached hydrogens (primary N) is 1. The van der Waals surface area contributed by atoms with Crippen LogP contribution in [0.25, 0.3) is 0 Å². The molecule has 1 aromatic rings. The molecule has 7 nitrogen and oxygen atoms in total. The Morgan fingerprint density at radius 1 is 1.19 bits per heavy atom. The molecule has 0 spiro atoms. The summed E-state index contributed by atoms with van der Waals surface area (Å²) in [6, 6.07) is 3.50. The Labute approximate surface area is 167 Å². The Hall–Kier alpha value is -1.70. The largest absolute Gasteiger partial charge is 0.496 e. The summed E-state index contributed by atoms with van der Waals surface area (Å²) in [7, 11) is 4.69. The van der Waals surface area contributed by atoms with Crippen LogP contribution in [-0.2, 0) is 16.1 Å². The van der Waals surface area contributed by atoms with Gasteiger partial charge in [-0.2, -0.15) is 0 Å². The zero-order valence-electron chi connectivity index (χ0n) is 16.9. The lowest BCUT2D eigenvalue weighted by Gasteiger charge is -2.57. The average Bonchev–Trinajstić information content (AvgIpc) is 2.64. The second kappa shape index (κ2) is 8.99. The summed E-state index contributed by atoms with van der Waals surface area (Å²) in [4.78, 5) is 12.8. The SMILES string of the molecule is CCOC1CC(N)(C(=O)NCc2c(OC)cc(OC)cc2OC)C1(C)C.Cl. The van der Waals surface area contributed by atoms with Gasteiger partial charge in [0.2, 0.25) is 5.91 Å². The first-order valence-corrected chi connectivity index (χ1v) is 8.72. The summed E-state index contributed by atoms with van der Waals surface area (Å²) >= 11 is 0. The molecule has 27 heavy (non-hydrogen) atoms. The molecule has 1 aliphatic rings. The molecule has 1 aliphatic carbocycles. The van der Waals surface area contributed by atoms with Crippen LogP contribution in [0.1, 0.15) is 32.8 Å². The van der Waals surface area contributed by atoms with E-state index in [1.165, 1.54) is 0 Å². The van der Waals surface area contributed by atoms with Gasteiger partial charge in [0, 0.05) is 30.6 Å². The molecule has 1 amide bonds. The highest BCUT2D eigenvalue weighted by Gasteiger charge is 2.62. The van der Waals surface area contributed by atoms with E-state index in [1.807, 2.05) is 20.8 Å². The van der Waals surface area contributed by atoms with Gasteiger partial charge in [0.25, 0.3) is 0 Å². The van der Waals surface area contributed by atoms with Crippen molar-refractivity contribution in [3.05, 3.63) is 17.7 Å². The number of amides is 1. The zero-order chi connectivity index (χ0) is 19.5. The Morgan fingerprint density at radius 3 is 2.15 bits per heavy atom. The number of methoxy groups -OCH3 is 3. The number of hydrogen-bond acceptors (Lipinski definition) is 6. The van der Waals surface area contributed by atoms with Crippen LogP contribution in [0.3, 0.4) is 0 Å². The fourth-order valence-corrected chi connectivity index (χ4v) is 3.40. The first-order chi connectivity index (χ1) is 12.2. The molecule has 0 aliphatic heterocycles. The Bertz CT molecular complexity index is 642. The standard InChI is InChI=1S/C19H30N2O5.ClH/c1-7-26-16-10-19(20,18(16,2)3)17(22)21-11-13-14(24-5)8-12(23-4)9-15(13)25-6;/h8-9,16H,7,10-11,20H2,1-6H3,(H,21,22);1H. The summed E-state index contributed by atoms with van der Waals surface area (Å²) < 4.78 is 21.8. The molecule has 1 saturated carbocycles. The minimum Gasteiger partial charge on any atom is -0.496 e. The maximum absolute atomic E-state index is 12.8. The first kappa shape index (κ1) is 23.3. The second-order valence-corrected chi connectivity index (χ2v) is 7.03. The predicted octanol–water partition coefficient (Wildman–Crippen LogP) is 2.28. The average molecular weight is 403 g/mol. The highest BCUT2D eigenvalue weighted by molar-refractivity contribution is 5.89. The van der Waals surface area contributed by atoms with Gasteiger partial charge in [0.05, 0.1) is 39.5 Å². The van der Waals surface area contributed by atoms with Gasteiger partial charge >= 0.3 is 0 Å². The van der Waals surface area contributed by atoms with Crippen molar-refractivity contribution in [2.45, 2.75) is 45.4 Å². The molecule has 1 aromatic carbocycles. The summed E-state index contributed by atoms with van der Waals surface area (Å²) in [5.74, 6) is 1.56. The van der Waals surface area contributed by atoms with Crippen molar-refractivity contribution < 1.29 is 23.7 Å². The number of rotatable bonds is 8.